The predicted molar refractivity (Wildman–Crippen MR) is 92.2 cm³/mol. The minimum atomic E-state index is -0.695. The fraction of sp³-hybridized carbons (Fsp3) is 0.235. The van der Waals surface area contributed by atoms with E-state index < -0.39 is 11.9 Å². The summed E-state index contributed by atoms with van der Waals surface area (Å²) in [5.74, 6) is -1.45. The Balaban J connectivity index is 1.45. The molecule has 1 aromatic carbocycles. The van der Waals surface area contributed by atoms with E-state index in [0.717, 1.165) is 17.7 Å². The summed E-state index contributed by atoms with van der Waals surface area (Å²) in [4.78, 5) is 37.3. The number of amides is 2. The molecule has 2 aromatic rings. The number of fused-ring (bicyclic) bond motifs is 1. The average molecular weight is 407 g/mol. The molecule has 0 aliphatic carbocycles. The van der Waals surface area contributed by atoms with Crippen LogP contribution < -0.4 is 10.2 Å². The number of halogens is 1. The van der Waals surface area contributed by atoms with E-state index in [0.29, 0.717) is 11.2 Å². The van der Waals surface area contributed by atoms with E-state index in [4.69, 9.17) is 9.15 Å². The Labute approximate surface area is 152 Å². The molecule has 130 valence electrons. The van der Waals surface area contributed by atoms with E-state index in [-0.39, 0.29) is 24.8 Å². The number of benzene rings is 1. The molecular weight excluding hydrogens is 392 g/mol. The van der Waals surface area contributed by atoms with Crippen LogP contribution in [0.2, 0.25) is 0 Å². The Kier molecular flexibility index (Phi) is 5.18. The van der Waals surface area contributed by atoms with Crippen LogP contribution in [0.3, 0.4) is 0 Å². The van der Waals surface area contributed by atoms with Crippen molar-refractivity contribution in [1.29, 1.82) is 0 Å². The second-order valence-electron chi connectivity index (χ2n) is 5.37. The zero-order valence-corrected chi connectivity index (χ0v) is 14.7. The van der Waals surface area contributed by atoms with E-state index in [1.54, 1.807) is 11.0 Å². The van der Waals surface area contributed by atoms with Gasteiger partial charge in [0.1, 0.15) is 6.54 Å². The summed E-state index contributed by atoms with van der Waals surface area (Å²) in [6.07, 6.45) is 0.782. The van der Waals surface area contributed by atoms with E-state index in [1.165, 1.54) is 6.07 Å². The summed E-state index contributed by atoms with van der Waals surface area (Å²) >= 11 is 3.08. The lowest BCUT2D eigenvalue weighted by Gasteiger charge is -2.17. The number of hydrogen-bond acceptors (Lipinski definition) is 5. The summed E-state index contributed by atoms with van der Waals surface area (Å²) in [7, 11) is 0. The fourth-order valence-electron chi connectivity index (χ4n) is 2.54. The molecule has 0 atom stereocenters. The number of hydrogen-bond donors (Lipinski definition) is 1. The number of nitrogens with one attached hydrogen (secondary N) is 1. The van der Waals surface area contributed by atoms with Gasteiger partial charge in [-0.15, -0.1) is 0 Å². The number of rotatable bonds is 5. The third-order valence-electron chi connectivity index (χ3n) is 3.74. The van der Waals surface area contributed by atoms with Crippen molar-refractivity contribution >= 4 is 39.4 Å². The van der Waals surface area contributed by atoms with Crippen LogP contribution in [0.25, 0.3) is 0 Å². The number of anilines is 1. The number of carbonyl (C=O) groups is 3. The summed E-state index contributed by atoms with van der Waals surface area (Å²) < 4.78 is 10.4. The third-order valence-corrected chi connectivity index (χ3v) is 4.16. The molecule has 1 aliphatic heterocycles. The van der Waals surface area contributed by atoms with Gasteiger partial charge in [-0.3, -0.25) is 14.4 Å². The number of esters is 1. The molecule has 0 bridgehead atoms. The number of furan rings is 1. The molecule has 0 saturated heterocycles. The second-order valence-corrected chi connectivity index (χ2v) is 6.15. The van der Waals surface area contributed by atoms with E-state index >= 15 is 0 Å². The van der Waals surface area contributed by atoms with Gasteiger partial charge in [0.2, 0.25) is 0 Å². The van der Waals surface area contributed by atoms with Crippen molar-refractivity contribution in [3.05, 3.63) is 52.4 Å². The van der Waals surface area contributed by atoms with Crippen LogP contribution in [0.5, 0.6) is 0 Å². The van der Waals surface area contributed by atoms with Crippen LogP contribution in [0.4, 0.5) is 5.69 Å². The highest BCUT2D eigenvalue weighted by Gasteiger charge is 2.24. The molecule has 7 nitrogen and oxygen atoms in total. The van der Waals surface area contributed by atoms with E-state index in [1.807, 2.05) is 24.3 Å². The van der Waals surface area contributed by atoms with E-state index in [2.05, 4.69) is 21.2 Å². The number of carbonyl (C=O) groups excluding carboxylic acids is 3. The van der Waals surface area contributed by atoms with E-state index in [9.17, 15) is 14.4 Å². The molecule has 2 amide bonds. The normalized spacial score (nSPS) is 12.6. The van der Waals surface area contributed by atoms with Gasteiger partial charge in [-0.2, -0.15) is 0 Å². The number of ether oxygens (including phenoxy) is 1. The minimum absolute atomic E-state index is 0.0735. The van der Waals surface area contributed by atoms with Crippen molar-refractivity contribution in [2.45, 2.75) is 6.42 Å². The first-order valence-corrected chi connectivity index (χ1v) is 8.41. The smallest absolute Gasteiger partial charge is 0.325 e. The highest BCUT2D eigenvalue weighted by Crippen LogP contribution is 2.27. The largest absolute Gasteiger partial charge is 0.454 e. The molecule has 1 aromatic heterocycles. The van der Waals surface area contributed by atoms with Gasteiger partial charge >= 0.3 is 5.97 Å². The van der Waals surface area contributed by atoms with Crippen molar-refractivity contribution in [2.75, 3.05) is 24.6 Å². The van der Waals surface area contributed by atoms with Crippen molar-refractivity contribution in [2.24, 2.45) is 0 Å². The van der Waals surface area contributed by atoms with Crippen molar-refractivity contribution < 1.29 is 23.5 Å². The Morgan fingerprint density at radius 2 is 2.00 bits per heavy atom. The maximum atomic E-state index is 12.2. The molecule has 25 heavy (non-hydrogen) atoms. The molecular formula is C17H15BrN2O5. The first-order chi connectivity index (χ1) is 12.0. The van der Waals surface area contributed by atoms with Crippen LogP contribution >= 0.6 is 15.9 Å². The highest BCUT2D eigenvalue weighted by atomic mass is 79.9. The van der Waals surface area contributed by atoms with Gasteiger partial charge in [0.05, 0.1) is 0 Å². The third kappa shape index (κ3) is 4.08. The first kappa shape index (κ1) is 17.2. The summed E-state index contributed by atoms with van der Waals surface area (Å²) in [5.41, 5.74) is 1.94. The zero-order chi connectivity index (χ0) is 17.8. The van der Waals surface area contributed by atoms with Gasteiger partial charge in [0, 0.05) is 12.2 Å². The summed E-state index contributed by atoms with van der Waals surface area (Å²) in [6.45, 7) is -0.143. The Bertz CT molecular complexity index is 817. The molecule has 1 N–H and O–H groups in total. The molecule has 0 fully saturated rings. The summed E-state index contributed by atoms with van der Waals surface area (Å²) in [5, 5.41) is 2.37. The van der Waals surface area contributed by atoms with Crippen LogP contribution in [-0.2, 0) is 20.7 Å². The van der Waals surface area contributed by atoms with Gasteiger partial charge in [-0.05, 0) is 46.1 Å². The topological polar surface area (TPSA) is 88.9 Å². The van der Waals surface area contributed by atoms with Crippen LogP contribution in [0.15, 0.2) is 45.5 Å². The second kappa shape index (κ2) is 7.52. The molecule has 1 aliphatic rings. The highest BCUT2D eigenvalue weighted by molar-refractivity contribution is 9.10. The van der Waals surface area contributed by atoms with Crippen molar-refractivity contribution in [3.8, 4) is 0 Å². The van der Waals surface area contributed by atoms with Crippen LogP contribution in [0, 0.1) is 0 Å². The Morgan fingerprint density at radius 1 is 1.20 bits per heavy atom. The fourth-order valence-corrected chi connectivity index (χ4v) is 2.85. The lowest BCUT2D eigenvalue weighted by atomic mass is 10.2. The van der Waals surface area contributed by atoms with Gasteiger partial charge in [0.15, 0.2) is 17.0 Å². The average Bonchev–Trinajstić information content (AvgIpc) is 3.23. The van der Waals surface area contributed by atoms with Gasteiger partial charge in [-0.25, -0.2) is 0 Å². The maximum Gasteiger partial charge on any atom is 0.325 e. The first-order valence-electron chi connectivity index (χ1n) is 7.62. The molecule has 2 heterocycles. The van der Waals surface area contributed by atoms with Crippen molar-refractivity contribution in [3.63, 3.8) is 0 Å². The Hall–Kier alpha value is -2.61. The number of para-hydroxylation sites is 1. The lowest BCUT2D eigenvalue weighted by Crippen LogP contribution is -2.35. The van der Waals surface area contributed by atoms with Crippen LogP contribution in [-0.4, -0.2) is 37.5 Å². The molecule has 0 unspecified atom stereocenters. The zero-order valence-electron chi connectivity index (χ0n) is 13.2. The minimum Gasteiger partial charge on any atom is -0.454 e. The molecule has 3 rings (SSSR count). The van der Waals surface area contributed by atoms with Crippen LogP contribution in [0.1, 0.15) is 16.1 Å². The monoisotopic (exact) mass is 406 g/mol. The lowest BCUT2D eigenvalue weighted by molar-refractivity contribution is -0.146. The predicted octanol–water partition coefficient (Wildman–Crippen LogP) is 1.90. The molecule has 0 spiro atoms. The van der Waals surface area contributed by atoms with Gasteiger partial charge in [0.25, 0.3) is 11.8 Å². The molecule has 0 radical (unpaired) electrons. The summed E-state index contributed by atoms with van der Waals surface area (Å²) in [6, 6.07) is 10.7. The van der Waals surface area contributed by atoms with Gasteiger partial charge < -0.3 is 19.4 Å². The standard InChI is InChI=1S/C17H15BrN2O5/c18-14-6-5-13(25-14)17(23)19-9-16(22)24-10-15(21)20-8-7-11-3-1-2-4-12(11)20/h1-6H,7-10H2,(H,19,23). The quantitative estimate of drug-likeness (QED) is 0.765. The number of nitrogens with zero attached hydrogens (tertiary/aromatic N) is 1. The van der Waals surface area contributed by atoms with Gasteiger partial charge in [-0.1, -0.05) is 18.2 Å². The molecule has 8 heteroatoms. The SMILES string of the molecule is O=C(CNC(=O)c1ccc(Br)o1)OCC(=O)N1CCc2ccccc21. The Morgan fingerprint density at radius 3 is 2.76 bits per heavy atom. The molecule has 0 saturated carbocycles. The van der Waals surface area contributed by atoms with Crippen molar-refractivity contribution in [1.82, 2.24) is 5.32 Å². The maximum absolute atomic E-state index is 12.2.